The van der Waals surface area contributed by atoms with Gasteiger partial charge < -0.3 is 5.11 Å². The lowest BCUT2D eigenvalue weighted by Crippen LogP contribution is -2.41. The van der Waals surface area contributed by atoms with Crippen molar-refractivity contribution in [2.24, 2.45) is 0 Å². The Kier molecular flexibility index (Phi) is 4.94. The van der Waals surface area contributed by atoms with E-state index in [0.717, 1.165) is 19.3 Å². The number of sulfonamides is 1. The minimum atomic E-state index is -3.30. The standard InChI is InChI=1S/C11H21NO4S/c1-3-10-7-6-9(2)12(10)17(15,16)8-4-5-11(13)14/h9-10H,3-8H2,1-2H3,(H,13,14). The largest absolute Gasteiger partial charge is 0.481 e. The van der Waals surface area contributed by atoms with Crippen molar-refractivity contribution in [1.29, 1.82) is 0 Å². The summed E-state index contributed by atoms with van der Waals surface area (Å²) in [6, 6.07) is 0.148. The molecule has 2 unspecified atom stereocenters. The number of hydrogen-bond donors (Lipinski definition) is 1. The Morgan fingerprint density at radius 3 is 2.59 bits per heavy atom. The molecule has 1 N–H and O–H groups in total. The van der Waals surface area contributed by atoms with Crippen LogP contribution in [0.4, 0.5) is 0 Å². The van der Waals surface area contributed by atoms with Gasteiger partial charge in [-0.25, -0.2) is 8.42 Å². The van der Waals surface area contributed by atoms with E-state index in [2.05, 4.69) is 0 Å². The molecule has 0 bridgehead atoms. The van der Waals surface area contributed by atoms with Crippen LogP contribution in [0.2, 0.25) is 0 Å². The average molecular weight is 263 g/mol. The first-order valence-electron chi connectivity index (χ1n) is 6.11. The normalized spacial score (nSPS) is 26.2. The first-order valence-corrected chi connectivity index (χ1v) is 7.72. The Hall–Kier alpha value is -0.620. The zero-order valence-corrected chi connectivity index (χ0v) is 11.2. The Bertz CT molecular complexity index is 366. The van der Waals surface area contributed by atoms with Crippen LogP contribution in [0.25, 0.3) is 0 Å². The van der Waals surface area contributed by atoms with Crippen LogP contribution in [0.15, 0.2) is 0 Å². The van der Waals surface area contributed by atoms with Gasteiger partial charge in [-0.1, -0.05) is 6.92 Å². The summed E-state index contributed by atoms with van der Waals surface area (Å²) in [6.45, 7) is 3.91. The molecule has 0 radical (unpaired) electrons. The molecule has 0 amide bonds. The molecule has 0 aromatic rings. The molecule has 1 fully saturated rings. The van der Waals surface area contributed by atoms with E-state index in [9.17, 15) is 13.2 Å². The molecule has 1 heterocycles. The highest BCUT2D eigenvalue weighted by molar-refractivity contribution is 7.89. The molecule has 5 nitrogen and oxygen atoms in total. The summed E-state index contributed by atoms with van der Waals surface area (Å²) >= 11 is 0. The number of rotatable bonds is 6. The fraction of sp³-hybridized carbons (Fsp3) is 0.909. The Labute approximate surface area is 103 Å². The number of hydrogen-bond acceptors (Lipinski definition) is 3. The third-order valence-corrected chi connectivity index (χ3v) is 5.40. The van der Waals surface area contributed by atoms with Crippen LogP contribution in [0.5, 0.6) is 0 Å². The number of nitrogens with zero attached hydrogens (tertiary/aromatic N) is 1. The van der Waals surface area contributed by atoms with Crippen molar-refractivity contribution in [3.8, 4) is 0 Å². The first kappa shape index (κ1) is 14.4. The average Bonchev–Trinajstić information content (AvgIpc) is 2.59. The third kappa shape index (κ3) is 3.67. The van der Waals surface area contributed by atoms with Gasteiger partial charge in [0.15, 0.2) is 0 Å². The number of aliphatic carboxylic acids is 1. The van der Waals surface area contributed by atoms with Crippen LogP contribution in [0.1, 0.15) is 46.0 Å². The van der Waals surface area contributed by atoms with Crippen LogP contribution in [-0.2, 0) is 14.8 Å². The smallest absolute Gasteiger partial charge is 0.303 e. The third-order valence-electron chi connectivity index (χ3n) is 3.30. The van der Waals surface area contributed by atoms with Crippen molar-refractivity contribution >= 4 is 16.0 Å². The van der Waals surface area contributed by atoms with Crippen molar-refractivity contribution in [3.05, 3.63) is 0 Å². The van der Waals surface area contributed by atoms with Gasteiger partial charge in [-0.3, -0.25) is 4.79 Å². The summed E-state index contributed by atoms with van der Waals surface area (Å²) in [4.78, 5) is 10.4. The number of carbonyl (C=O) groups is 1. The van der Waals surface area contributed by atoms with E-state index in [1.165, 1.54) is 0 Å². The maximum Gasteiger partial charge on any atom is 0.303 e. The zero-order valence-electron chi connectivity index (χ0n) is 10.4. The first-order chi connectivity index (χ1) is 7.88. The van der Waals surface area contributed by atoms with Crippen molar-refractivity contribution in [3.63, 3.8) is 0 Å². The van der Waals surface area contributed by atoms with Gasteiger partial charge in [-0.2, -0.15) is 4.31 Å². The zero-order chi connectivity index (χ0) is 13.1. The second-order valence-corrected chi connectivity index (χ2v) is 6.63. The van der Waals surface area contributed by atoms with Crippen molar-refractivity contribution in [2.75, 3.05) is 5.75 Å². The Balaban J connectivity index is 2.65. The molecular formula is C11H21NO4S. The van der Waals surface area contributed by atoms with E-state index in [-0.39, 0.29) is 30.7 Å². The van der Waals surface area contributed by atoms with Gasteiger partial charge in [0.05, 0.1) is 5.75 Å². The molecule has 17 heavy (non-hydrogen) atoms. The summed E-state index contributed by atoms with van der Waals surface area (Å²) in [5.74, 6) is -0.998. The summed E-state index contributed by atoms with van der Waals surface area (Å²) in [5, 5.41) is 8.52. The van der Waals surface area contributed by atoms with Gasteiger partial charge in [0.2, 0.25) is 10.0 Å². The highest BCUT2D eigenvalue weighted by Gasteiger charge is 2.37. The molecule has 0 aromatic carbocycles. The van der Waals surface area contributed by atoms with E-state index in [4.69, 9.17) is 5.11 Å². The van der Waals surface area contributed by atoms with E-state index in [1.807, 2.05) is 13.8 Å². The van der Waals surface area contributed by atoms with Crippen LogP contribution < -0.4 is 0 Å². The highest BCUT2D eigenvalue weighted by Crippen LogP contribution is 2.29. The molecule has 1 aliphatic heterocycles. The van der Waals surface area contributed by atoms with Crippen molar-refractivity contribution < 1.29 is 18.3 Å². The predicted octanol–water partition coefficient (Wildman–Crippen LogP) is 1.44. The lowest BCUT2D eigenvalue weighted by molar-refractivity contribution is -0.137. The van der Waals surface area contributed by atoms with E-state index >= 15 is 0 Å². The van der Waals surface area contributed by atoms with Gasteiger partial charge in [0, 0.05) is 18.5 Å². The lowest BCUT2D eigenvalue weighted by Gasteiger charge is -2.26. The van der Waals surface area contributed by atoms with Gasteiger partial charge in [0.1, 0.15) is 0 Å². The van der Waals surface area contributed by atoms with Gasteiger partial charge >= 0.3 is 5.97 Å². The Morgan fingerprint density at radius 2 is 2.06 bits per heavy atom. The van der Waals surface area contributed by atoms with Crippen LogP contribution >= 0.6 is 0 Å². The van der Waals surface area contributed by atoms with Gasteiger partial charge in [0.25, 0.3) is 0 Å². The second-order valence-electron chi connectivity index (χ2n) is 4.63. The van der Waals surface area contributed by atoms with E-state index < -0.39 is 16.0 Å². The fourth-order valence-corrected chi connectivity index (χ4v) is 4.53. The summed E-state index contributed by atoms with van der Waals surface area (Å²) < 4.78 is 25.8. The molecule has 1 aliphatic rings. The summed E-state index contributed by atoms with van der Waals surface area (Å²) in [6.07, 6.45) is 2.74. The topological polar surface area (TPSA) is 74.7 Å². The minimum Gasteiger partial charge on any atom is -0.481 e. The molecule has 0 aliphatic carbocycles. The number of carboxylic acids is 1. The van der Waals surface area contributed by atoms with Crippen molar-refractivity contribution in [1.82, 2.24) is 4.31 Å². The molecule has 0 spiro atoms. The maximum absolute atomic E-state index is 12.1. The SMILES string of the molecule is CCC1CCC(C)N1S(=O)(=O)CCCC(=O)O. The van der Waals surface area contributed by atoms with Gasteiger partial charge in [-0.15, -0.1) is 0 Å². The Morgan fingerprint density at radius 1 is 1.41 bits per heavy atom. The molecule has 2 atom stereocenters. The number of carboxylic acid groups (broad SMARTS) is 1. The lowest BCUT2D eigenvalue weighted by atomic mass is 10.2. The van der Waals surface area contributed by atoms with Crippen molar-refractivity contribution in [2.45, 2.75) is 58.0 Å². The maximum atomic E-state index is 12.1. The van der Waals surface area contributed by atoms with Gasteiger partial charge in [-0.05, 0) is 32.6 Å². The van der Waals surface area contributed by atoms with Crippen LogP contribution in [-0.4, -0.2) is 41.6 Å². The molecule has 100 valence electrons. The minimum absolute atomic E-state index is 0.0507. The molecule has 0 aromatic heterocycles. The molecule has 0 saturated carbocycles. The molecule has 1 rings (SSSR count). The summed E-state index contributed by atoms with van der Waals surface area (Å²) in [5.41, 5.74) is 0. The van der Waals surface area contributed by atoms with E-state index in [0.29, 0.717) is 0 Å². The quantitative estimate of drug-likeness (QED) is 0.787. The van der Waals surface area contributed by atoms with E-state index in [1.54, 1.807) is 4.31 Å². The monoisotopic (exact) mass is 263 g/mol. The van der Waals surface area contributed by atoms with Crippen LogP contribution in [0, 0.1) is 0 Å². The molecule has 1 saturated heterocycles. The molecular weight excluding hydrogens is 242 g/mol. The summed E-state index contributed by atoms with van der Waals surface area (Å²) in [7, 11) is -3.30. The van der Waals surface area contributed by atoms with Crippen LogP contribution in [0.3, 0.4) is 0 Å². The predicted molar refractivity (Wildman–Crippen MR) is 65.3 cm³/mol. The second kappa shape index (κ2) is 5.82. The fourth-order valence-electron chi connectivity index (χ4n) is 2.44. The molecule has 6 heteroatoms. The highest BCUT2D eigenvalue weighted by atomic mass is 32.2.